The topological polar surface area (TPSA) is 51.8 Å². The van der Waals surface area contributed by atoms with Crippen LogP contribution in [0.5, 0.6) is 0 Å². The molecular formula is C10H10FN3S. The quantitative estimate of drug-likeness (QED) is 0.850. The van der Waals surface area contributed by atoms with E-state index in [1.807, 2.05) is 6.92 Å². The smallest absolute Gasteiger partial charge is 0.150 e. The summed E-state index contributed by atoms with van der Waals surface area (Å²) in [5.41, 5.74) is 6.13. The van der Waals surface area contributed by atoms with Crippen LogP contribution >= 0.6 is 11.3 Å². The summed E-state index contributed by atoms with van der Waals surface area (Å²) in [6.07, 6.45) is 0. The van der Waals surface area contributed by atoms with E-state index in [2.05, 4.69) is 10.2 Å². The van der Waals surface area contributed by atoms with E-state index < -0.39 is 0 Å². The minimum Gasteiger partial charge on any atom is -0.322 e. The third-order valence-corrected chi connectivity index (χ3v) is 3.09. The average molecular weight is 223 g/mol. The first kappa shape index (κ1) is 10.2. The third kappa shape index (κ3) is 2.03. The van der Waals surface area contributed by atoms with Crippen LogP contribution in [0.25, 0.3) is 10.6 Å². The van der Waals surface area contributed by atoms with E-state index in [-0.39, 0.29) is 11.9 Å². The van der Waals surface area contributed by atoms with Crippen molar-refractivity contribution in [3.05, 3.63) is 35.1 Å². The number of halogens is 1. The molecule has 0 amide bonds. The highest BCUT2D eigenvalue weighted by Crippen LogP contribution is 2.27. The van der Waals surface area contributed by atoms with Crippen molar-refractivity contribution < 1.29 is 4.39 Å². The molecule has 0 aliphatic carbocycles. The molecule has 2 rings (SSSR count). The maximum atomic E-state index is 13.4. The van der Waals surface area contributed by atoms with Crippen LogP contribution in [-0.4, -0.2) is 10.2 Å². The zero-order valence-corrected chi connectivity index (χ0v) is 8.96. The van der Waals surface area contributed by atoms with Gasteiger partial charge in [0, 0.05) is 5.56 Å². The van der Waals surface area contributed by atoms with Gasteiger partial charge >= 0.3 is 0 Å². The van der Waals surface area contributed by atoms with Crippen molar-refractivity contribution in [2.24, 2.45) is 5.73 Å². The number of benzene rings is 1. The molecule has 0 aliphatic rings. The molecule has 0 saturated heterocycles. The first-order valence-corrected chi connectivity index (χ1v) is 5.34. The van der Waals surface area contributed by atoms with Gasteiger partial charge in [-0.25, -0.2) is 4.39 Å². The van der Waals surface area contributed by atoms with E-state index >= 15 is 0 Å². The zero-order valence-electron chi connectivity index (χ0n) is 8.14. The van der Waals surface area contributed by atoms with Gasteiger partial charge in [-0.3, -0.25) is 0 Å². The second-order valence-electron chi connectivity index (χ2n) is 3.21. The van der Waals surface area contributed by atoms with Crippen molar-refractivity contribution in [3.8, 4) is 10.6 Å². The lowest BCUT2D eigenvalue weighted by molar-refractivity contribution is 0.631. The molecule has 0 aliphatic heterocycles. The first-order valence-electron chi connectivity index (χ1n) is 4.52. The summed E-state index contributed by atoms with van der Waals surface area (Å²) >= 11 is 1.32. The Morgan fingerprint density at radius 2 is 2.07 bits per heavy atom. The summed E-state index contributed by atoms with van der Waals surface area (Å²) < 4.78 is 13.4. The van der Waals surface area contributed by atoms with Crippen LogP contribution in [0.3, 0.4) is 0 Å². The van der Waals surface area contributed by atoms with Gasteiger partial charge in [0.05, 0.1) is 6.04 Å². The van der Waals surface area contributed by atoms with Gasteiger partial charge in [0.15, 0.2) is 5.01 Å². The number of rotatable bonds is 2. The lowest BCUT2D eigenvalue weighted by Crippen LogP contribution is -2.03. The van der Waals surface area contributed by atoms with E-state index in [0.717, 1.165) is 0 Å². The molecule has 1 heterocycles. The second kappa shape index (κ2) is 4.04. The van der Waals surface area contributed by atoms with Gasteiger partial charge in [0.25, 0.3) is 0 Å². The largest absolute Gasteiger partial charge is 0.322 e. The van der Waals surface area contributed by atoms with Crippen molar-refractivity contribution in [1.82, 2.24) is 10.2 Å². The molecule has 15 heavy (non-hydrogen) atoms. The average Bonchev–Trinajstić information content (AvgIpc) is 2.67. The molecule has 0 spiro atoms. The van der Waals surface area contributed by atoms with Gasteiger partial charge in [-0.2, -0.15) is 0 Å². The Bertz CT molecular complexity index is 467. The highest BCUT2D eigenvalue weighted by atomic mass is 32.1. The number of nitrogens with zero attached hydrogens (tertiary/aromatic N) is 2. The maximum Gasteiger partial charge on any atom is 0.150 e. The van der Waals surface area contributed by atoms with Crippen molar-refractivity contribution >= 4 is 11.3 Å². The molecule has 0 bridgehead atoms. The predicted octanol–water partition coefficient (Wildman–Crippen LogP) is 2.36. The number of hydrogen-bond acceptors (Lipinski definition) is 4. The molecule has 1 aromatic carbocycles. The molecule has 5 heteroatoms. The Morgan fingerprint density at radius 3 is 2.67 bits per heavy atom. The SMILES string of the molecule is CC(N)c1nnc(-c2ccccc2F)s1. The number of nitrogens with two attached hydrogens (primary N) is 1. The summed E-state index contributed by atoms with van der Waals surface area (Å²) in [6.45, 7) is 1.83. The molecule has 0 fully saturated rings. The highest BCUT2D eigenvalue weighted by molar-refractivity contribution is 7.14. The first-order chi connectivity index (χ1) is 7.18. The highest BCUT2D eigenvalue weighted by Gasteiger charge is 2.12. The van der Waals surface area contributed by atoms with Crippen molar-refractivity contribution in [2.75, 3.05) is 0 Å². The van der Waals surface area contributed by atoms with Crippen LogP contribution in [0.2, 0.25) is 0 Å². The van der Waals surface area contributed by atoms with E-state index in [9.17, 15) is 4.39 Å². The maximum absolute atomic E-state index is 13.4. The van der Waals surface area contributed by atoms with Crippen LogP contribution in [0.15, 0.2) is 24.3 Å². The van der Waals surface area contributed by atoms with Crippen LogP contribution in [-0.2, 0) is 0 Å². The molecule has 78 valence electrons. The van der Waals surface area contributed by atoms with Crippen LogP contribution in [0.4, 0.5) is 4.39 Å². The van der Waals surface area contributed by atoms with Gasteiger partial charge in [-0.15, -0.1) is 10.2 Å². The fourth-order valence-corrected chi connectivity index (χ4v) is 1.98. The van der Waals surface area contributed by atoms with E-state index in [0.29, 0.717) is 15.6 Å². The predicted molar refractivity (Wildman–Crippen MR) is 57.9 cm³/mol. The van der Waals surface area contributed by atoms with Crippen molar-refractivity contribution in [1.29, 1.82) is 0 Å². The summed E-state index contributed by atoms with van der Waals surface area (Å²) in [5.74, 6) is -0.287. The zero-order chi connectivity index (χ0) is 10.8. The Balaban J connectivity index is 2.42. The number of aromatic nitrogens is 2. The Kier molecular flexibility index (Phi) is 2.75. The van der Waals surface area contributed by atoms with Crippen LogP contribution < -0.4 is 5.73 Å². The minimum atomic E-state index is -0.287. The normalized spacial score (nSPS) is 12.7. The summed E-state index contributed by atoms with van der Waals surface area (Å²) in [7, 11) is 0. The molecule has 2 N–H and O–H groups in total. The van der Waals surface area contributed by atoms with E-state index in [1.165, 1.54) is 17.4 Å². The van der Waals surface area contributed by atoms with Gasteiger partial charge in [-0.1, -0.05) is 23.5 Å². The van der Waals surface area contributed by atoms with Crippen LogP contribution in [0.1, 0.15) is 18.0 Å². The Morgan fingerprint density at radius 1 is 1.33 bits per heavy atom. The van der Waals surface area contributed by atoms with E-state index in [1.54, 1.807) is 18.2 Å². The summed E-state index contributed by atoms with van der Waals surface area (Å²) in [4.78, 5) is 0. The summed E-state index contributed by atoms with van der Waals surface area (Å²) in [6, 6.07) is 6.34. The molecule has 0 saturated carbocycles. The molecule has 0 radical (unpaired) electrons. The second-order valence-corrected chi connectivity index (χ2v) is 4.22. The van der Waals surface area contributed by atoms with Gasteiger partial charge in [0.1, 0.15) is 10.8 Å². The Hall–Kier alpha value is -1.33. The van der Waals surface area contributed by atoms with Crippen molar-refractivity contribution in [3.63, 3.8) is 0 Å². The summed E-state index contributed by atoms with van der Waals surface area (Å²) in [5, 5.41) is 9.11. The molecular weight excluding hydrogens is 213 g/mol. The standard InChI is InChI=1S/C10H10FN3S/c1-6(12)9-13-14-10(15-9)7-4-2-3-5-8(7)11/h2-6H,12H2,1H3. The lowest BCUT2D eigenvalue weighted by atomic mass is 10.2. The monoisotopic (exact) mass is 223 g/mol. The third-order valence-electron chi connectivity index (χ3n) is 1.93. The molecule has 2 aromatic rings. The lowest BCUT2D eigenvalue weighted by Gasteiger charge is -1.96. The fourth-order valence-electron chi connectivity index (χ4n) is 1.16. The Labute approximate surface area is 90.8 Å². The van der Waals surface area contributed by atoms with Gasteiger partial charge in [0.2, 0.25) is 0 Å². The molecule has 3 nitrogen and oxygen atoms in total. The van der Waals surface area contributed by atoms with Gasteiger partial charge in [-0.05, 0) is 19.1 Å². The fraction of sp³-hybridized carbons (Fsp3) is 0.200. The molecule has 1 aromatic heterocycles. The van der Waals surface area contributed by atoms with Crippen molar-refractivity contribution in [2.45, 2.75) is 13.0 Å². The van der Waals surface area contributed by atoms with Crippen LogP contribution in [0, 0.1) is 5.82 Å². The molecule has 1 atom stereocenters. The minimum absolute atomic E-state index is 0.164. The van der Waals surface area contributed by atoms with Gasteiger partial charge < -0.3 is 5.73 Å². The number of hydrogen-bond donors (Lipinski definition) is 1. The molecule has 1 unspecified atom stereocenters. The van der Waals surface area contributed by atoms with E-state index in [4.69, 9.17) is 5.73 Å².